The van der Waals surface area contributed by atoms with Crippen molar-refractivity contribution >= 4 is 39.4 Å². The molecule has 1 amide bonds. The predicted molar refractivity (Wildman–Crippen MR) is 91.6 cm³/mol. The fraction of sp³-hybridized carbons (Fsp3) is 0.0667. The minimum Gasteiger partial charge on any atom is -0.453 e. The van der Waals surface area contributed by atoms with Gasteiger partial charge in [-0.25, -0.2) is 9.78 Å². The number of anilines is 1. The molecule has 0 unspecified atom stereocenters. The number of imidazole rings is 1. The largest absolute Gasteiger partial charge is 0.453 e. The molecule has 25 heavy (non-hydrogen) atoms. The van der Waals surface area contributed by atoms with Crippen LogP contribution in [0.1, 0.15) is 0 Å². The lowest BCUT2D eigenvalue weighted by Crippen LogP contribution is -2.10. The Balaban J connectivity index is 1.81. The Hall–Kier alpha value is -2.56. The van der Waals surface area contributed by atoms with Crippen molar-refractivity contribution < 1.29 is 22.5 Å². The lowest BCUT2D eigenvalue weighted by Gasteiger charge is -2.03. The lowest BCUT2D eigenvalue weighted by atomic mass is 10.4. The van der Waals surface area contributed by atoms with E-state index >= 15 is 0 Å². The first-order valence-corrected chi connectivity index (χ1v) is 9.20. The first kappa shape index (κ1) is 17.3. The van der Waals surface area contributed by atoms with Gasteiger partial charge in [0.1, 0.15) is 5.65 Å². The normalized spacial score (nSPS) is 11.4. The molecule has 2 N–H and O–H groups in total. The molecule has 1 aromatic carbocycles. The molecule has 0 fully saturated rings. The highest BCUT2D eigenvalue weighted by molar-refractivity contribution is 7.99. The summed E-state index contributed by atoms with van der Waals surface area (Å²) in [4.78, 5) is 17.0. The number of hydrogen-bond donors (Lipinski definition) is 2. The minimum absolute atomic E-state index is 0.152. The summed E-state index contributed by atoms with van der Waals surface area (Å²) in [6.45, 7) is 0. The second-order valence-corrected chi connectivity index (χ2v) is 7.49. The summed E-state index contributed by atoms with van der Waals surface area (Å²) in [5.74, 6) is 0.367. The Morgan fingerprint density at radius 2 is 1.84 bits per heavy atom. The number of nitrogens with one attached hydrogen (secondary N) is 1. The first-order valence-electron chi connectivity index (χ1n) is 6.94. The smallest absolute Gasteiger partial charge is 0.412 e. The summed E-state index contributed by atoms with van der Waals surface area (Å²) >= 11 is 1.41. The van der Waals surface area contributed by atoms with E-state index in [0.29, 0.717) is 11.5 Å². The van der Waals surface area contributed by atoms with Crippen molar-refractivity contribution in [1.82, 2.24) is 9.38 Å². The molecule has 10 heteroatoms. The zero-order chi connectivity index (χ0) is 18.0. The molecule has 2 aromatic heterocycles. The van der Waals surface area contributed by atoms with E-state index in [2.05, 4.69) is 15.0 Å². The Morgan fingerprint density at radius 3 is 2.48 bits per heavy atom. The second kappa shape index (κ2) is 6.75. The van der Waals surface area contributed by atoms with Crippen LogP contribution in [0.4, 0.5) is 10.6 Å². The average molecular weight is 379 g/mol. The van der Waals surface area contributed by atoms with Crippen molar-refractivity contribution in [2.45, 2.75) is 14.7 Å². The van der Waals surface area contributed by atoms with Gasteiger partial charge in [-0.1, -0.05) is 11.8 Å². The van der Waals surface area contributed by atoms with Crippen LogP contribution in [0.5, 0.6) is 0 Å². The summed E-state index contributed by atoms with van der Waals surface area (Å²) < 4.78 is 37.4. The Labute approximate surface area is 147 Å². The first-order chi connectivity index (χ1) is 11.8. The number of nitrogens with zero attached hydrogens (tertiary/aromatic N) is 2. The molecule has 130 valence electrons. The maximum Gasteiger partial charge on any atom is 0.412 e. The number of ether oxygens (including phenoxy) is 1. The van der Waals surface area contributed by atoms with Gasteiger partial charge in [-0.05, 0) is 36.4 Å². The predicted octanol–water partition coefficient (Wildman–Crippen LogP) is 2.91. The van der Waals surface area contributed by atoms with Crippen molar-refractivity contribution in [3.8, 4) is 0 Å². The SMILES string of the molecule is COC(=O)Nc1cn2cc(Sc3ccc(S(=O)(=O)O)cc3)ccc2n1. The molecule has 0 aliphatic carbocycles. The van der Waals surface area contributed by atoms with Gasteiger partial charge in [0.25, 0.3) is 10.1 Å². The molecule has 0 bridgehead atoms. The zero-order valence-corrected chi connectivity index (χ0v) is 14.5. The second-order valence-electron chi connectivity index (χ2n) is 4.92. The molecule has 3 aromatic rings. The fourth-order valence-electron chi connectivity index (χ4n) is 2.06. The van der Waals surface area contributed by atoms with Crippen LogP contribution in [0.15, 0.2) is 63.5 Å². The van der Waals surface area contributed by atoms with Crippen molar-refractivity contribution in [3.05, 3.63) is 48.8 Å². The maximum absolute atomic E-state index is 11.2. The summed E-state index contributed by atoms with van der Waals surface area (Å²) in [6, 6.07) is 9.53. The molecule has 0 saturated carbocycles. The van der Waals surface area contributed by atoms with Crippen molar-refractivity contribution in [2.75, 3.05) is 12.4 Å². The molecule has 8 nitrogen and oxygen atoms in total. The monoisotopic (exact) mass is 379 g/mol. The standard InChI is InChI=1S/C15H13N3O5S2/c1-23-15(19)17-13-9-18-8-11(4-7-14(18)16-13)24-10-2-5-12(6-3-10)25(20,21)22/h2-9H,1H3,(H,17,19)(H,20,21,22). The summed E-state index contributed by atoms with van der Waals surface area (Å²) in [5, 5.41) is 2.49. The van der Waals surface area contributed by atoms with Gasteiger partial charge in [0.2, 0.25) is 0 Å². The van der Waals surface area contributed by atoms with Gasteiger partial charge in [-0.3, -0.25) is 9.87 Å². The van der Waals surface area contributed by atoms with Crippen LogP contribution in [-0.4, -0.2) is 35.6 Å². The molecular weight excluding hydrogens is 366 g/mol. The quantitative estimate of drug-likeness (QED) is 0.671. The number of rotatable bonds is 4. The third kappa shape index (κ3) is 4.10. The van der Waals surface area contributed by atoms with Gasteiger partial charge in [0, 0.05) is 16.0 Å². The number of methoxy groups -OCH3 is 1. The van der Waals surface area contributed by atoms with Gasteiger partial charge in [-0.2, -0.15) is 8.42 Å². The van der Waals surface area contributed by atoms with Crippen LogP contribution in [0.25, 0.3) is 5.65 Å². The molecule has 0 aliphatic rings. The number of pyridine rings is 1. The molecule has 2 heterocycles. The highest BCUT2D eigenvalue weighted by Crippen LogP contribution is 2.29. The van der Waals surface area contributed by atoms with Crippen LogP contribution in [0, 0.1) is 0 Å². The van der Waals surface area contributed by atoms with Crippen LogP contribution in [0.2, 0.25) is 0 Å². The van der Waals surface area contributed by atoms with Crippen LogP contribution in [-0.2, 0) is 14.9 Å². The van der Waals surface area contributed by atoms with E-state index in [4.69, 9.17) is 4.55 Å². The Kier molecular flexibility index (Phi) is 4.66. The molecule has 3 rings (SSSR count). The van der Waals surface area contributed by atoms with Gasteiger partial charge in [-0.15, -0.1) is 0 Å². The van der Waals surface area contributed by atoms with E-state index in [1.807, 2.05) is 12.3 Å². The topological polar surface area (TPSA) is 110 Å². The third-order valence-corrected chi connectivity index (χ3v) is 5.05. The van der Waals surface area contributed by atoms with Gasteiger partial charge >= 0.3 is 6.09 Å². The summed E-state index contributed by atoms with van der Waals surface area (Å²) in [7, 11) is -2.93. The van der Waals surface area contributed by atoms with E-state index in [1.54, 1.807) is 28.8 Å². The van der Waals surface area contributed by atoms with Gasteiger partial charge in [0.05, 0.1) is 18.2 Å². The summed E-state index contributed by atoms with van der Waals surface area (Å²) in [5.41, 5.74) is 0.650. The number of carbonyl (C=O) groups excluding carboxylic acids is 1. The molecular formula is C15H13N3O5S2. The van der Waals surface area contributed by atoms with E-state index in [1.165, 1.54) is 31.0 Å². The molecule has 0 radical (unpaired) electrons. The number of fused-ring (bicyclic) bond motifs is 1. The number of benzene rings is 1. The van der Waals surface area contributed by atoms with Crippen molar-refractivity contribution in [2.24, 2.45) is 0 Å². The fourth-order valence-corrected chi connectivity index (χ4v) is 3.39. The van der Waals surface area contributed by atoms with Gasteiger partial charge < -0.3 is 9.14 Å². The number of amides is 1. The Morgan fingerprint density at radius 1 is 1.16 bits per heavy atom. The zero-order valence-electron chi connectivity index (χ0n) is 12.9. The molecule has 0 spiro atoms. The number of hydrogen-bond acceptors (Lipinski definition) is 6. The van der Waals surface area contributed by atoms with E-state index in [9.17, 15) is 13.2 Å². The van der Waals surface area contributed by atoms with Crippen molar-refractivity contribution in [1.29, 1.82) is 0 Å². The average Bonchev–Trinajstić information content (AvgIpc) is 2.95. The third-order valence-electron chi connectivity index (χ3n) is 3.20. The van der Waals surface area contributed by atoms with Crippen LogP contribution in [0.3, 0.4) is 0 Å². The highest BCUT2D eigenvalue weighted by Gasteiger charge is 2.10. The van der Waals surface area contributed by atoms with Gasteiger partial charge in [0.15, 0.2) is 5.82 Å². The van der Waals surface area contributed by atoms with E-state index < -0.39 is 16.2 Å². The lowest BCUT2D eigenvalue weighted by molar-refractivity contribution is 0.187. The number of aromatic nitrogens is 2. The van der Waals surface area contributed by atoms with E-state index in [-0.39, 0.29) is 4.90 Å². The molecule has 0 saturated heterocycles. The highest BCUT2D eigenvalue weighted by atomic mass is 32.2. The maximum atomic E-state index is 11.2. The summed E-state index contributed by atoms with van der Waals surface area (Å²) in [6.07, 6.45) is 2.88. The molecule has 0 atom stereocenters. The number of carbonyl (C=O) groups is 1. The van der Waals surface area contributed by atoms with Crippen LogP contribution >= 0.6 is 11.8 Å². The molecule has 0 aliphatic heterocycles. The van der Waals surface area contributed by atoms with Crippen LogP contribution < -0.4 is 5.32 Å². The van der Waals surface area contributed by atoms with E-state index in [0.717, 1.165) is 9.79 Å². The van der Waals surface area contributed by atoms with Crippen molar-refractivity contribution in [3.63, 3.8) is 0 Å². The Bertz CT molecular complexity index is 1030. The minimum atomic E-state index is -4.20.